The largest absolute Gasteiger partial charge is 0.368 e. The van der Waals surface area contributed by atoms with E-state index in [2.05, 4.69) is 4.90 Å². The molecule has 3 heterocycles. The van der Waals surface area contributed by atoms with E-state index in [1.54, 1.807) is 11.3 Å². The quantitative estimate of drug-likeness (QED) is 0.820. The fourth-order valence-corrected chi connectivity index (χ4v) is 4.62. The Morgan fingerprint density at radius 2 is 2.17 bits per heavy atom. The lowest BCUT2D eigenvalue weighted by Gasteiger charge is -2.24. The first-order chi connectivity index (χ1) is 11.7. The van der Waals surface area contributed by atoms with Crippen molar-refractivity contribution in [2.45, 2.75) is 25.4 Å². The maximum Gasteiger partial charge on any atom is 0.251 e. The Labute approximate surface area is 150 Å². The van der Waals surface area contributed by atoms with Gasteiger partial charge in [-0.1, -0.05) is 22.9 Å². The average molecular weight is 366 g/mol. The lowest BCUT2D eigenvalue weighted by Crippen LogP contribution is -2.41. The molecule has 1 atom stereocenters. The van der Waals surface area contributed by atoms with Crippen molar-refractivity contribution in [1.82, 2.24) is 9.88 Å². The van der Waals surface area contributed by atoms with Crippen LogP contribution in [0.25, 0.3) is 10.2 Å². The zero-order chi connectivity index (χ0) is 16.5. The molecule has 0 unspecified atom stereocenters. The van der Waals surface area contributed by atoms with Gasteiger partial charge in [0.05, 0.1) is 10.2 Å². The van der Waals surface area contributed by atoms with E-state index in [0.29, 0.717) is 6.61 Å². The molecule has 2 fully saturated rings. The highest BCUT2D eigenvalue weighted by atomic mass is 35.5. The standard InChI is InChI=1S/C17H20ClN3O2S/c18-12-4-5-13-15(11-12)24-17(19-13)21-7-2-6-20(8-9-21)16(22)14-3-1-10-23-14/h4-5,11,14H,1-3,6-10H2/t14-/m0/s1. The van der Waals surface area contributed by atoms with Crippen LogP contribution in [0.15, 0.2) is 18.2 Å². The molecule has 1 aromatic heterocycles. The number of anilines is 1. The molecular formula is C17H20ClN3O2S. The smallest absolute Gasteiger partial charge is 0.251 e. The van der Waals surface area contributed by atoms with Gasteiger partial charge in [0.1, 0.15) is 6.10 Å². The van der Waals surface area contributed by atoms with E-state index in [4.69, 9.17) is 21.3 Å². The Bertz CT molecular complexity index is 745. The number of hydrogen-bond donors (Lipinski definition) is 0. The van der Waals surface area contributed by atoms with Crippen molar-refractivity contribution < 1.29 is 9.53 Å². The van der Waals surface area contributed by atoms with Crippen LogP contribution >= 0.6 is 22.9 Å². The number of aromatic nitrogens is 1. The second-order valence-corrected chi connectivity index (χ2v) is 7.72. The summed E-state index contributed by atoms with van der Waals surface area (Å²) in [6, 6.07) is 5.80. The third kappa shape index (κ3) is 3.23. The summed E-state index contributed by atoms with van der Waals surface area (Å²) in [5.41, 5.74) is 0.982. The number of thiazole rings is 1. The van der Waals surface area contributed by atoms with Crippen LogP contribution in [0.1, 0.15) is 19.3 Å². The molecule has 2 aliphatic rings. The number of ether oxygens (including phenoxy) is 1. The number of nitrogens with zero attached hydrogens (tertiary/aromatic N) is 3. The molecule has 7 heteroatoms. The Hall–Kier alpha value is -1.37. The van der Waals surface area contributed by atoms with Gasteiger partial charge >= 0.3 is 0 Å². The van der Waals surface area contributed by atoms with Gasteiger partial charge in [0.25, 0.3) is 5.91 Å². The second kappa shape index (κ2) is 6.86. The molecule has 1 amide bonds. The van der Waals surface area contributed by atoms with Crippen molar-refractivity contribution in [2.24, 2.45) is 0 Å². The lowest BCUT2D eigenvalue weighted by atomic mass is 10.2. The number of fused-ring (bicyclic) bond motifs is 1. The van der Waals surface area contributed by atoms with Crippen LogP contribution in [-0.4, -0.2) is 54.7 Å². The van der Waals surface area contributed by atoms with Crippen LogP contribution in [0, 0.1) is 0 Å². The van der Waals surface area contributed by atoms with Crippen molar-refractivity contribution in [2.75, 3.05) is 37.7 Å². The number of carbonyl (C=O) groups excluding carboxylic acids is 1. The van der Waals surface area contributed by atoms with E-state index in [1.165, 1.54) is 0 Å². The normalized spacial score (nSPS) is 22.1. The monoisotopic (exact) mass is 365 g/mol. The van der Waals surface area contributed by atoms with Gasteiger partial charge < -0.3 is 14.5 Å². The average Bonchev–Trinajstić information content (AvgIpc) is 3.18. The van der Waals surface area contributed by atoms with Crippen molar-refractivity contribution in [1.29, 1.82) is 0 Å². The predicted molar refractivity (Wildman–Crippen MR) is 97.0 cm³/mol. The van der Waals surface area contributed by atoms with Crippen LogP contribution in [0.4, 0.5) is 5.13 Å². The molecule has 0 bridgehead atoms. The molecule has 2 aromatic rings. The summed E-state index contributed by atoms with van der Waals surface area (Å²) < 4.78 is 6.65. The van der Waals surface area contributed by atoms with Gasteiger partial charge in [-0.3, -0.25) is 4.79 Å². The van der Waals surface area contributed by atoms with Gasteiger partial charge in [-0.05, 0) is 37.5 Å². The van der Waals surface area contributed by atoms with Crippen LogP contribution in [-0.2, 0) is 9.53 Å². The number of benzene rings is 1. The van der Waals surface area contributed by atoms with E-state index in [0.717, 1.165) is 65.8 Å². The van der Waals surface area contributed by atoms with Gasteiger partial charge in [-0.2, -0.15) is 0 Å². The van der Waals surface area contributed by atoms with Gasteiger partial charge in [-0.25, -0.2) is 4.98 Å². The highest BCUT2D eigenvalue weighted by Gasteiger charge is 2.29. The van der Waals surface area contributed by atoms with Gasteiger partial charge in [-0.15, -0.1) is 0 Å². The SMILES string of the molecule is O=C([C@@H]1CCCO1)N1CCCN(c2nc3ccc(Cl)cc3s2)CC1. The zero-order valence-electron chi connectivity index (χ0n) is 13.4. The van der Waals surface area contributed by atoms with Crippen molar-refractivity contribution >= 4 is 44.2 Å². The minimum absolute atomic E-state index is 0.158. The summed E-state index contributed by atoms with van der Waals surface area (Å²) in [6.07, 6.45) is 2.58. The summed E-state index contributed by atoms with van der Waals surface area (Å²) in [7, 11) is 0. The van der Waals surface area contributed by atoms with Crippen LogP contribution < -0.4 is 4.90 Å². The number of carbonyl (C=O) groups is 1. The molecule has 4 rings (SSSR count). The van der Waals surface area contributed by atoms with Crippen LogP contribution in [0.3, 0.4) is 0 Å². The Morgan fingerprint density at radius 3 is 3.00 bits per heavy atom. The first-order valence-electron chi connectivity index (χ1n) is 8.42. The first-order valence-corrected chi connectivity index (χ1v) is 9.61. The third-order valence-electron chi connectivity index (χ3n) is 4.62. The molecule has 24 heavy (non-hydrogen) atoms. The maximum absolute atomic E-state index is 12.5. The van der Waals surface area contributed by atoms with Crippen molar-refractivity contribution in [3.8, 4) is 0 Å². The highest BCUT2D eigenvalue weighted by molar-refractivity contribution is 7.22. The number of hydrogen-bond acceptors (Lipinski definition) is 5. The zero-order valence-corrected chi connectivity index (χ0v) is 15.0. The molecule has 128 valence electrons. The summed E-state index contributed by atoms with van der Waals surface area (Å²) >= 11 is 7.73. The Kier molecular flexibility index (Phi) is 4.61. The molecular weight excluding hydrogens is 346 g/mol. The molecule has 0 saturated carbocycles. The minimum atomic E-state index is -0.221. The second-order valence-electron chi connectivity index (χ2n) is 6.28. The molecule has 0 aliphatic carbocycles. The predicted octanol–water partition coefficient (Wildman–Crippen LogP) is 3.17. The van der Waals surface area contributed by atoms with Crippen LogP contribution in [0.5, 0.6) is 0 Å². The molecule has 0 N–H and O–H groups in total. The summed E-state index contributed by atoms with van der Waals surface area (Å²) in [5.74, 6) is 0.158. The fraction of sp³-hybridized carbons (Fsp3) is 0.529. The van der Waals surface area contributed by atoms with Crippen molar-refractivity contribution in [3.63, 3.8) is 0 Å². The molecule has 1 aromatic carbocycles. The van der Waals surface area contributed by atoms with E-state index in [-0.39, 0.29) is 12.0 Å². The van der Waals surface area contributed by atoms with E-state index >= 15 is 0 Å². The maximum atomic E-state index is 12.5. The van der Waals surface area contributed by atoms with Crippen LogP contribution in [0.2, 0.25) is 5.02 Å². The van der Waals surface area contributed by atoms with E-state index in [9.17, 15) is 4.79 Å². The number of rotatable bonds is 2. The third-order valence-corrected chi connectivity index (χ3v) is 5.94. The summed E-state index contributed by atoms with van der Waals surface area (Å²) in [5, 5.41) is 1.75. The Balaban J connectivity index is 1.46. The molecule has 2 saturated heterocycles. The fourth-order valence-electron chi connectivity index (χ4n) is 3.33. The van der Waals surface area contributed by atoms with E-state index < -0.39 is 0 Å². The number of amides is 1. The molecule has 2 aliphatic heterocycles. The Morgan fingerprint density at radius 1 is 1.25 bits per heavy atom. The summed E-state index contributed by atoms with van der Waals surface area (Å²) in [4.78, 5) is 21.5. The molecule has 5 nitrogen and oxygen atoms in total. The molecule has 0 spiro atoms. The first kappa shape index (κ1) is 16.1. The topological polar surface area (TPSA) is 45.7 Å². The van der Waals surface area contributed by atoms with Crippen molar-refractivity contribution in [3.05, 3.63) is 23.2 Å². The van der Waals surface area contributed by atoms with E-state index in [1.807, 2.05) is 23.1 Å². The summed E-state index contributed by atoms with van der Waals surface area (Å²) in [6.45, 7) is 3.97. The molecule has 0 radical (unpaired) electrons. The number of halogens is 1. The van der Waals surface area contributed by atoms with Gasteiger partial charge in [0.2, 0.25) is 0 Å². The lowest BCUT2D eigenvalue weighted by molar-refractivity contribution is -0.140. The highest BCUT2D eigenvalue weighted by Crippen LogP contribution is 2.31. The minimum Gasteiger partial charge on any atom is -0.368 e. The van der Waals surface area contributed by atoms with Gasteiger partial charge in [0.15, 0.2) is 5.13 Å². The van der Waals surface area contributed by atoms with Gasteiger partial charge in [0, 0.05) is 37.8 Å².